The van der Waals surface area contributed by atoms with Gasteiger partial charge in [0, 0.05) is 12.7 Å². The van der Waals surface area contributed by atoms with Crippen LogP contribution in [0.3, 0.4) is 0 Å². The summed E-state index contributed by atoms with van der Waals surface area (Å²) in [5.41, 5.74) is 0.421. The number of hydrogen-bond donors (Lipinski definition) is 2. The number of para-hydroxylation sites is 1. The number of hydrogen-bond acceptors (Lipinski definition) is 7. The lowest BCUT2D eigenvalue weighted by Gasteiger charge is -2.39. The van der Waals surface area contributed by atoms with E-state index in [2.05, 4.69) is 30.8 Å². The fraction of sp³-hybridized carbons (Fsp3) is 0.522. The molecule has 2 aromatic heterocycles. The number of tetrazole rings is 1. The topological polar surface area (TPSA) is 102 Å². The molecule has 1 saturated carbocycles. The highest BCUT2D eigenvalue weighted by atomic mass is 19.4. The van der Waals surface area contributed by atoms with Crippen molar-refractivity contribution < 1.29 is 18.3 Å². The number of aliphatic hydroxyl groups excluding tert-OH is 1. The average molecular weight is 476 g/mol. The summed E-state index contributed by atoms with van der Waals surface area (Å²) in [6, 6.07) is 7.45. The molecule has 0 unspecified atom stereocenters. The van der Waals surface area contributed by atoms with Gasteiger partial charge in [-0.3, -0.25) is 0 Å². The van der Waals surface area contributed by atoms with E-state index in [9.17, 15) is 18.3 Å². The van der Waals surface area contributed by atoms with Crippen LogP contribution in [0.5, 0.6) is 0 Å². The van der Waals surface area contributed by atoms with Crippen molar-refractivity contribution in [1.82, 2.24) is 30.2 Å². The first-order chi connectivity index (χ1) is 16.0. The number of aliphatic hydroxyl groups is 1. The number of benzene rings is 1. The van der Waals surface area contributed by atoms with E-state index in [1.54, 1.807) is 11.6 Å². The standard InChI is InChI=1S/C23H28F3N7O/c1-14-30-31-32-33(14)19-7-5-4-6-16(19)12-27-21-28-13-17(23(24,25)26)18(29-21)10-15-8-9-20(34)22(2,3)11-15/h4-7,13,15,20,34H,8-12H2,1-3H3,(H,27,28,29)/t15-,20+/m0/s1. The number of aromatic nitrogens is 6. The molecule has 4 rings (SSSR count). The van der Waals surface area contributed by atoms with Gasteiger partial charge in [0.15, 0.2) is 5.82 Å². The van der Waals surface area contributed by atoms with Crippen LogP contribution in [0.1, 0.15) is 55.8 Å². The third-order valence-electron chi connectivity index (χ3n) is 6.50. The third-order valence-corrected chi connectivity index (χ3v) is 6.50. The summed E-state index contributed by atoms with van der Waals surface area (Å²) in [4.78, 5) is 8.21. The first-order valence-corrected chi connectivity index (χ1v) is 11.2. The van der Waals surface area contributed by atoms with Crippen molar-refractivity contribution in [2.75, 3.05) is 5.32 Å². The minimum atomic E-state index is -4.54. The van der Waals surface area contributed by atoms with Gasteiger partial charge in [-0.25, -0.2) is 9.97 Å². The summed E-state index contributed by atoms with van der Waals surface area (Å²) >= 11 is 0. The molecule has 11 heteroatoms. The smallest absolute Gasteiger partial charge is 0.393 e. The Kier molecular flexibility index (Phi) is 6.57. The summed E-state index contributed by atoms with van der Waals surface area (Å²) in [5, 5.41) is 24.8. The normalized spacial score (nSPS) is 20.3. The van der Waals surface area contributed by atoms with Crippen molar-refractivity contribution in [3.8, 4) is 5.69 Å². The molecule has 0 bridgehead atoms. The minimum absolute atomic E-state index is 0.00534. The zero-order valence-electron chi connectivity index (χ0n) is 19.3. The van der Waals surface area contributed by atoms with Crippen molar-refractivity contribution in [3.63, 3.8) is 0 Å². The molecular formula is C23H28F3N7O. The van der Waals surface area contributed by atoms with Gasteiger partial charge in [0.25, 0.3) is 0 Å². The first-order valence-electron chi connectivity index (χ1n) is 11.2. The Balaban J connectivity index is 1.56. The second kappa shape index (κ2) is 9.28. The Morgan fingerprint density at radius 3 is 2.65 bits per heavy atom. The van der Waals surface area contributed by atoms with Gasteiger partial charge in [-0.2, -0.15) is 17.9 Å². The van der Waals surface area contributed by atoms with E-state index in [1.807, 2.05) is 38.1 Å². The molecule has 1 aliphatic rings. The zero-order valence-corrected chi connectivity index (χ0v) is 19.3. The van der Waals surface area contributed by atoms with Gasteiger partial charge < -0.3 is 10.4 Å². The highest BCUT2D eigenvalue weighted by Crippen LogP contribution is 2.41. The van der Waals surface area contributed by atoms with Gasteiger partial charge in [-0.15, -0.1) is 5.10 Å². The minimum Gasteiger partial charge on any atom is -0.393 e. The monoisotopic (exact) mass is 475 g/mol. The summed E-state index contributed by atoms with van der Waals surface area (Å²) in [6.45, 7) is 5.96. The second-order valence-electron chi connectivity index (χ2n) is 9.53. The van der Waals surface area contributed by atoms with Crippen molar-refractivity contribution in [2.45, 2.75) is 65.3 Å². The molecule has 2 atom stereocenters. The molecule has 1 aliphatic carbocycles. The molecule has 1 aromatic carbocycles. The maximum Gasteiger partial charge on any atom is 0.419 e. The summed E-state index contributed by atoms with van der Waals surface area (Å²) in [5.74, 6) is 0.744. The lowest BCUT2D eigenvalue weighted by molar-refractivity contribution is -0.138. The summed E-state index contributed by atoms with van der Waals surface area (Å²) < 4.78 is 42.6. The van der Waals surface area contributed by atoms with Gasteiger partial charge in [0.05, 0.1) is 23.0 Å². The average Bonchev–Trinajstić information content (AvgIpc) is 3.20. The van der Waals surface area contributed by atoms with Gasteiger partial charge in [0.2, 0.25) is 5.95 Å². The molecule has 0 spiro atoms. The summed E-state index contributed by atoms with van der Waals surface area (Å²) in [6.07, 6.45) is -2.08. The maximum atomic E-state index is 13.7. The quantitative estimate of drug-likeness (QED) is 0.553. The van der Waals surface area contributed by atoms with Crippen LogP contribution in [0.2, 0.25) is 0 Å². The second-order valence-corrected chi connectivity index (χ2v) is 9.53. The number of nitrogens with one attached hydrogen (secondary N) is 1. The zero-order chi connectivity index (χ0) is 24.5. The van der Waals surface area contributed by atoms with Gasteiger partial charge in [-0.1, -0.05) is 32.0 Å². The van der Waals surface area contributed by atoms with Gasteiger partial charge >= 0.3 is 6.18 Å². The first kappa shape index (κ1) is 24.1. The molecule has 2 N–H and O–H groups in total. The molecule has 0 amide bonds. The molecule has 8 nitrogen and oxygen atoms in total. The number of nitrogens with zero attached hydrogens (tertiary/aromatic N) is 6. The molecule has 34 heavy (non-hydrogen) atoms. The van der Waals surface area contributed by atoms with Crippen LogP contribution < -0.4 is 5.32 Å². The number of anilines is 1. The van der Waals surface area contributed by atoms with Crippen LogP contribution in [0, 0.1) is 18.3 Å². The maximum absolute atomic E-state index is 13.7. The molecule has 0 aliphatic heterocycles. The van der Waals surface area contributed by atoms with Crippen LogP contribution in [-0.4, -0.2) is 41.4 Å². The molecule has 182 valence electrons. The fourth-order valence-electron chi connectivity index (χ4n) is 4.60. The third kappa shape index (κ3) is 5.19. The largest absolute Gasteiger partial charge is 0.419 e. The van der Waals surface area contributed by atoms with E-state index in [-0.39, 0.29) is 35.9 Å². The predicted octanol–water partition coefficient (Wildman–Crippen LogP) is 4.12. The molecule has 0 radical (unpaired) electrons. The van der Waals surface area contributed by atoms with Gasteiger partial charge in [0.1, 0.15) is 0 Å². The van der Waals surface area contributed by atoms with Crippen LogP contribution in [-0.2, 0) is 19.1 Å². The Morgan fingerprint density at radius 1 is 1.21 bits per heavy atom. The number of halogens is 3. The lowest BCUT2D eigenvalue weighted by atomic mass is 9.69. The van der Waals surface area contributed by atoms with Crippen molar-refractivity contribution in [1.29, 1.82) is 0 Å². The Bertz CT molecular complexity index is 1150. The van der Waals surface area contributed by atoms with E-state index in [0.29, 0.717) is 25.1 Å². The lowest BCUT2D eigenvalue weighted by Crippen LogP contribution is -2.37. The SMILES string of the molecule is Cc1nnnn1-c1ccccc1CNc1ncc(C(F)(F)F)c(C[C@@H]2CC[C@@H](O)C(C)(C)C2)n1. The van der Waals surface area contributed by atoms with Crippen molar-refractivity contribution in [2.24, 2.45) is 11.3 Å². The van der Waals surface area contributed by atoms with E-state index in [4.69, 9.17) is 0 Å². The van der Waals surface area contributed by atoms with Gasteiger partial charge in [-0.05, 0) is 66.0 Å². The van der Waals surface area contributed by atoms with Crippen LogP contribution in [0.25, 0.3) is 5.69 Å². The van der Waals surface area contributed by atoms with E-state index < -0.39 is 17.8 Å². The van der Waals surface area contributed by atoms with Crippen LogP contribution in [0.4, 0.5) is 19.1 Å². The van der Waals surface area contributed by atoms with E-state index >= 15 is 0 Å². The Hall–Kier alpha value is -3.08. The summed E-state index contributed by atoms with van der Waals surface area (Å²) in [7, 11) is 0. The molecule has 1 fully saturated rings. The fourth-order valence-corrected chi connectivity index (χ4v) is 4.60. The van der Waals surface area contributed by atoms with Crippen LogP contribution in [0.15, 0.2) is 30.5 Å². The highest BCUT2D eigenvalue weighted by molar-refractivity contribution is 5.43. The molecular weight excluding hydrogens is 447 g/mol. The Labute approximate surface area is 195 Å². The molecule has 2 heterocycles. The highest BCUT2D eigenvalue weighted by Gasteiger charge is 2.39. The number of aryl methyl sites for hydroxylation is 1. The van der Waals surface area contributed by atoms with Crippen molar-refractivity contribution >= 4 is 5.95 Å². The van der Waals surface area contributed by atoms with E-state index in [1.165, 1.54) is 0 Å². The van der Waals surface area contributed by atoms with Crippen molar-refractivity contribution in [3.05, 3.63) is 53.1 Å². The van der Waals surface area contributed by atoms with E-state index in [0.717, 1.165) is 17.4 Å². The molecule has 3 aromatic rings. The number of rotatable bonds is 6. The number of alkyl halides is 3. The molecule has 0 saturated heterocycles. The Morgan fingerprint density at radius 2 is 1.97 bits per heavy atom. The van der Waals surface area contributed by atoms with Crippen LogP contribution >= 0.6 is 0 Å². The predicted molar refractivity (Wildman–Crippen MR) is 119 cm³/mol.